The van der Waals surface area contributed by atoms with Gasteiger partial charge in [-0.3, -0.25) is 4.79 Å². The molecule has 0 aliphatic carbocycles. The molecule has 88 valence electrons. The summed E-state index contributed by atoms with van der Waals surface area (Å²) in [5.74, 6) is 1.40. The van der Waals surface area contributed by atoms with Gasteiger partial charge in [-0.25, -0.2) is 0 Å². The van der Waals surface area contributed by atoms with Gasteiger partial charge < -0.3 is 15.1 Å². The summed E-state index contributed by atoms with van der Waals surface area (Å²) in [5, 5.41) is 6.25. The number of hydrogen-bond acceptors (Lipinski definition) is 3. The molecule has 1 aliphatic heterocycles. The van der Waals surface area contributed by atoms with Crippen LogP contribution < -0.4 is 10.6 Å². The summed E-state index contributed by atoms with van der Waals surface area (Å²) in [6.07, 6.45) is 2.50. The van der Waals surface area contributed by atoms with Crippen LogP contribution in [-0.4, -0.2) is 18.5 Å². The fraction of sp³-hybridized carbons (Fsp3) is 0.583. The fourth-order valence-corrected chi connectivity index (χ4v) is 2.00. The van der Waals surface area contributed by atoms with E-state index in [-0.39, 0.29) is 18.0 Å². The van der Waals surface area contributed by atoms with Gasteiger partial charge in [0.15, 0.2) is 0 Å². The minimum Gasteiger partial charge on any atom is -0.467 e. The van der Waals surface area contributed by atoms with Crippen molar-refractivity contribution >= 4 is 5.91 Å². The Kier molecular flexibility index (Phi) is 3.29. The highest BCUT2D eigenvalue weighted by atomic mass is 16.3. The van der Waals surface area contributed by atoms with E-state index in [4.69, 9.17) is 4.42 Å². The summed E-state index contributed by atoms with van der Waals surface area (Å²) in [7, 11) is 0. The van der Waals surface area contributed by atoms with Crippen molar-refractivity contribution in [3.05, 3.63) is 24.2 Å². The molecule has 2 heterocycles. The Balaban J connectivity index is 1.95. The topological polar surface area (TPSA) is 54.3 Å². The summed E-state index contributed by atoms with van der Waals surface area (Å²) in [5.41, 5.74) is 0. The monoisotopic (exact) mass is 222 g/mol. The number of carbonyl (C=O) groups is 1. The van der Waals surface area contributed by atoms with Crippen molar-refractivity contribution in [2.45, 2.75) is 32.4 Å². The van der Waals surface area contributed by atoms with Crippen LogP contribution in [0, 0.1) is 5.92 Å². The summed E-state index contributed by atoms with van der Waals surface area (Å²) in [6.45, 7) is 4.97. The Labute approximate surface area is 95.4 Å². The van der Waals surface area contributed by atoms with Crippen LogP contribution in [0.25, 0.3) is 0 Å². The summed E-state index contributed by atoms with van der Waals surface area (Å²) < 4.78 is 5.28. The second-order valence-electron chi connectivity index (χ2n) is 4.67. The van der Waals surface area contributed by atoms with Gasteiger partial charge in [-0.15, -0.1) is 0 Å². The Morgan fingerprint density at radius 3 is 2.94 bits per heavy atom. The molecule has 1 aromatic heterocycles. The van der Waals surface area contributed by atoms with Crippen LogP contribution in [-0.2, 0) is 4.79 Å². The molecule has 1 fully saturated rings. The molecular weight excluding hydrogens is 204 g/mol. The molecule has 2 atom stereocenters. The molecule has 0 saturated carbocycles. The summed E-state index contributed by atoms with van der Waals surface area (Å²) in [6, 6.07) is 3.62. The Morgan fingerprint density at radius 2 is 2.38 bits per heavy atom. The molecule has 2 unspecified atom stereocenters. The van der Waals surface area contributed by atoms with Gasteiger partial charge in [-0.2, -0.15) is 0 Å². The number of nitrogens with one attached hydrogen (secondary N) is 2. The molecule has 1 aliphatic rings. The quantitative estimate of drug-likeness (QED) is 0.814. The SMILES string of the molecule is CC(C)CC1NCC(c2ccco2)NC1=O. The first-order valence-electron chi connectivity index (χ1n) is 5.74. The van der Waals surface area contributed by atoms with Crippen molar-refractivity contribution in [3.63, 3.8) is 0 Å². The molecule has 2 rings (SSSR count). The maximum atomic E-state index is 11.8. The van der Waals surface area contributed by atoms with E-state index in [1.165, 1.54) is 0 Å². The van der Waals surface area contributed by atoms with E-state index in [9.17, 15) is 4.79 Å². The standard InChI is InChI=1S/C12H18N2O2/c1-8(2)6-9-12(15)14-10(7-13-9)11-4-3-5-16-11/h3-5,8-10,13H,6-7H2,1-2H3,(H,14,15). The maximum absolute atomic E-state index is 11.8. The average molecular weight is 222 g/mol. The van der Waals surface area contributed by atoms with E-state index in [1.54, 1.807) is 6.26 Å². The van der Waals surface area contributed by atoms with E-state index in [0.29, 0.717) is 5.92 Å². The number of piperazine rings is 1. The second kappa shape index (κ2) is 4.70. The van der Waals surface area contributed by atoms with E-state index >= 15 is 0 Å². The third-order valence-corrected chi connectivity index (χ3v) is 2.80. The van der Waals surface area contributed by atoms with Crippen molar-refractivity contribution in [2.75, 3.05) is 6.54 Å². The number of amides is 1. The number of carbonyl (C=O) groups excluding carboxylic acids is 1. The second-order valence-corrected chi connectivity index (χ2v) is 4.67. The predicted octanol–water partition coefficient (Wildman–Crippen LogP) is 1.45. The molecule has 4 nitrogen and oxygen atoms in total. The minimum atomic E-state index is -0.0637. The highest BCUT2D eigenvalue weighted by Crippen LogP contribution is 2.17. The normalized spacial score (nSPS) is 25.8. The smallest absolute Gasteiger partial charge is 0.237 e. The first kappa shape index (κ1) is 11.2. The zero-order chi connectivity index (χ0) is 11.5. The molecule has 1 amide bonds. The molecule has 1 saturated heterocycles. The highest BCUT2D eigenvalue weighted by molar-refractivity contribution is 5.82. The molecule has 0 spiro atoms. The van der Waals surface area contributed by atoms with E-state index in [0.717, 1.165) is 18.7 Å². The molecule has 4 heteroatoms. The first-order chi connectivity index (χ1) is 7.66. The van der Waals surface area contributed by atoms with Gasteiger partial charge in [0.1, 0.15) is 5.76 Å². The predicted molar refractivity (Wildman–Crippen MR) is 60.8 cm³/mol. The Hall–Kier alpha value is -1.29. The lowest BCUT2D eigenvalue weighted by molar-refractivity contribution is -0.126. The minimum absolute atomic E-state index is 0.0362. The largest absolute Gasteiger partial charge is 0.467 e. The van der Waals surface area contributed by atoms with Crippen LogP contribution in [0.4, 0.5) is 0 Å². The lowest BCUT2D eigenvalue weighted by Gasteiger charge is -2.30. The van der Waals surface area contributed by atoms with Gasteiger partial charge in [0, 0.05) is 6.54 Å². The van der Waals surface area contributed by atoms with E-state index in [2.05, 4.69) is 24.5 Å². The van der Waals surface area contributed by atoms with Crippen LogP contribution in [0.5, 0.6) is 0 Å². The van der Waals surface area contributed by atoms with E-state index in [1.807, 2.05) is 12.1 Å². The van der Waals surface area contributed by atoms with Crippen LogP contribution >= 0.6 is 0 Å². The van der Waals surface area contributed by atoms with Gasteiger partial charge >= 0.3 is 0 Å². The summed E-state index contributed by atoms with van der Waals surface area (Å²) >= 11 is 0. The fourth-order valence-electron chi connectivity index (χ4n) is 2.00. The van der Waals surface area contributed by atoms with Crippen molar-refractivity contribution in [3.8, 4) is 0 Å². The van der Waals surface area contributed by atoms with Gasteiger partial charge in [0.2, 0.25) is 5.91 Å². The number of hydrogen-bond donors (Lipinski definition) is 2. The van der Waals surface area contributed by atoms with Gasteiger partial charge in [0.05, 0.1) is 18.3 Å². The number of furan rings is 1. The average Bonchev–Trinajstić information content (AvgIpc) is 2.73. The Morgan fingerprint density at radius 1 is 1.56 bits per heavy atom. The van der Waals surface area contributed by atoms with Crippen LogP contribution in [0.1, 0.15) is 32.1 Å². The summed E-state index contributed by atoms with van der Waals surface area (Å²) in [4.78, 5) is 11.8. The molecule has 1 aromatic rings. The van der Waals surface area contributed by atoms with Crippen LogP contribution in [0.15, 0.2) is 22.8 Å². The molecule has 16 heavy (non-hydrogen) atoms. The highest BCUT2D eigenvalue weighted by Gasteiger charge is 2.29. The Bertz CT molecular complexity index is 346. The van der Waals surface area contributed by atoms with Gasteiger partial charge in [-0.05, 0) is 24.5 Å². The third kappa shape index (κ3) is 2.44. The maximum Gasteiger partial charge on any atom is 0.237 e. The molecule has 0 bridgehead atoms. The lowest BCUT2D eigenvalue weighted by atomic mass is 10.00. The van der Waals surface area contributed by atoms with Crippen LogP contribution in [0.3, 0.4) is 0 Å². The van der Waals surface area contributed by atoms with Crippen molar-refractivity contribution in [1.82, 2.24) is 10.6 Å². The third-order valence-electron chi connectivity index (χ3n) is 2.80. The van der Waals surface area contributed by atoms with Crippen molar-refractivity contribution in [1.29, 1.82) is 0 Å². The molecule has 0 aromatic carbocycles. The van der Waals surface area contributed by atoms with Gasteiger partial charge in [-0.1, -0.05) is 13.8 Å². The van der Waals surface area contributed by atoms with Crippen molar-refractivity contribution in [2.24, 2.45) is 5.92 Å². The molecular formula is C12H18N2O2. The first-order valence-corrected chi connectivity index (χ1v) is 5.74. The molecule has 0 radical (unpaired) electrons. The van der Waals surface area contributed by atoms with Gasteiger partial charge in [0.25, 0.3) is 0 Å². The number of rotatable bonds is 3. The van der Waals surface area contributed by atoms with Crippen molar-refractivity contribution < 1.29 is 9.21 Å². The lowest BCUT2D eigenvalue weighted by Crippen LogP contribution is -2.54. The molecule has 2 N–H and O–H groups in total. The van der Waals surface area contributed by atoms with Crippen LogP contribution in [0.2, 0.25) is 0 Å². The zero-order valence-electron chi connectivity index (χ0n) is 9.69. The zero-order valence-corrected chi connectivity index (χ0v) is 9.69. The van der Waals surface area contributed by atoms with E-state index < -0.39 is 0 Å².